The first kappa shape index (κ1) is 17.2. The van der Waals surface area contributed by atoms with Crippen LogP contribution in [0.3, 0.4) is 0 Å². The SMILES string of the molecule is Cn1nc(C(=O)NC2CCNCC2)c2ccc(OC3CCC(O)C3)nc21. The van der Waals surface area contributed by atoms with E-state index in [1.807, 2.05) is 6.07 Å². The molecule has 2 unspecified atom stereocenters. The Labute approximate surface area is 151 Å². The maximum atomic E-state index is 12.6. The zero-order chi connectivity index (χ0) is 18.1. The van der Waals surface area contributed by atoms with E-state index in [1.54, 1.807) is 17.8 Å². The Kier molecular flexibility index (Phi) is 4.78. The first-order valence-electron chi connectivity index (χ1n) is 9.30. The van der Waals surface area contributed by atoms with Crippen molar-refractivity contribution < 1.29 is 14.6 Å². The molecular formula is C18H25N5O3. The lowest BCUT2D eigenvalue weighted by atomic mass is 10.1. The molecular weight excluding hydrogens is 334 g/mol. The number of carbonyl (C=O) groups is 1. The molecule has 4 rings (SSSR count). The number of nitrogens with one attached hydrogen (secondary N) is 2. The normalized spacial score (nSPS) is 24.1. The molecule has 2 aromatic heterocycles. The van der Waals surface area contributed by atoms with Gasteiger partial charge in [0, 0.05) is 25.6 Å². The number of aromatic nitrogens is 3. The minimum atomic E-state index is -0.286. The number of pyridine rings is 1. The van der Waals surface area contributed by atoms with Crippen LogP contribution in [-0.2, 0) is 7.05 Å². The average molecular weight is 359 g/mol. The van der Waals surface area contributed by atoms with Gasteiger partial charge < -0.3 is 20.5 Å². The van der Waals surface area contributed by atoms with Gasteiger partial charge in [-0.3, -0.25) is 4.79 Å². The third-order valence-electron chi connectivity index (χ3n) is 5.19. The number of ether oxygens (including phenoxy) is 1. The van der Waals surface area contributed by atoms with Gasteiger partial charge in [-0.15, -0.1) is 0 Å². The summed E-state index contributed by atoms with van der Waals surface area (Å²) in [6, 6.07) is 3.80. The monoisotopic (exact) mass is 359 g/mol. The second-order valence-electron chi connectivity index (χ2n) is 7.20. The lowest BCUT2D eigenvalue weighted by Gasteiger charge is -2.23. The van der Waals surface area contributed by atoms with Crippen LogP contribution >= 0.6 is 0 Å². The highest BCUT2D eigenvalue weighted by atomic mass is 16.5. The van der Waals surface area contributed by atoms with Crippen LogP contribution in [0.15, 0.2) is 12.1 Å². The summed E-state index contributed by atoms with van der Waals surface area (Å²) in [5.41, 5.74) is 1.02. The summed E-state index contributed by atoms with van der Waals surface area (Å²) >= 11 is 0. The molecule has 0 bridgehead atoms. The van der Waals surface area contributed by atoms with Crippen LogP contribution in [0, 0.1) is 0 Å². The second-order valence-corrected chi connectivity index (χ2v) is 7.20. The lowest BCUT2D eigenvalue weighted by molar-refractivity contribution is 0.0925. The third kappa shape index (κ3) is 3.52. The molecule has 8 heteroatoms. The van der Waals surface area contributed by atoms with Crippen molar-refractivity contribution in [3.63, 3.8) is 0 Å². The number of piperidine rings is 1. The van der Waals surface area contributed by atoms with Crippen molar-refractivity contribution in [3.8, 4) is 5.88 Å². The maximum absolute atomic E-state index is 12.6. The number of hydrogen-bond acceptors (Lipinski definition) is 6. The Morgan fingerprint density at radius 3 is 2.85 bits per heavy atom. The first-order valence-corrected chi connectivity index (χ1v) is 9.30. The van der Waals surface area contributed by atoms with Gasteiger partial charge in [0.1, 0.15) is 6.10 Å². The van der Waals surface area contributed by atoms with E-state index in [4.69, 9.17) is 4.74 Å². The van der Waals surface area contributed by atoms with Crippen molar-refractivity contribution in [1.29, 1.82) is 0 Å². The topological polar surface area (TPSA) is 101 Å². The van der Waals surface area contributed by atoms with Crippen molar-refractivity contribution in [2.24, 2.45) is 7.05 Å². The average Bonchev–Trinajstić information content (AvgIpc) is 3.19. The van der Waals surface area contributed by atoms with E-state index in [-0.39, 0.29) is 24.2 Å². The van der Waals surface area contributed by atoms with Crippen LogP contribution in [-0.4, -0.2) is 57.1 Å². The summed E-state index contributed by atoms with van der Waals surface area (Å²) < 4.78 is 7.49. The number of amides is 1. The van der Waals surface area contributed by atoms with E-state index >= 15 is 0 Å². The molecule has 2 aromatic rings. The number of carbonyl (C=O) groups excluding carboxylic acids is 1. The molecule has 1 aliphatic heterocycles. The van der Waals surface area contributed by atoms with Crippen LogP contribution < -0.4 is 15.4 Å². The molecule has 2 aliphatic rings. The molecule has 2 atom stereocenters. The lowest BCUT2D eigenvalue weighted by Crippen LogP contribution is -2.42. The third-order valence-corrected chi connectivity index (χ3v) is 5.19. The van der Waals surface area contributed by atoms with Crippen LogP contribution in [0.1, 0.15) is 42.6 Å². The van der Waals surface area contributed by atoms with E-state index in [9.17, 15) is 9.90 Å². The van der Waals surface area contributed by atoms with Gasteiger partial charge in [-0.05, 0) is 44.8 Å². The molecule has 3 heterocycles. The molecule has 1 saturated carbocycles. The fourth-order valence-electron chi connectivity index (χ4n) is 3.76. The van der Waals surface area contributed by atoms with Crippen LogP contribution in [0.25, 0.3) is 11.0 Å². The number of aliphatic hydroxyl groups is 1. The van der Waals surface area contributed by atoms with Gasteiger partial charge in [0.25, 0.3) is 5.91 Å². The molecule has 1 amide bonds. The number of fused-ring (bicyclic) bond motifs is 1. The van der Waals surface area contributed by atoms with Crippen LogP contribution in [0.5, 0.6) is 5.88 Å². The zero-order valence-corrected chi connectivity index (χ0v) is 14.9. The fraction of sp³-hybridized carbons (Fsp3) is 0.611. The number of nitrogens with zero attached hydrogens (tertiary/aromatic N) is 3. The van der Waals surface area contributed by atoms with Gasteiger partial charge in [-0.25, -0.2) is 4.68 Å². The van der Waals surface area contributed by atoms with E-state index in [1.165, 1.54) is 0 Å². The van der Waals surface area contributed by atoms with Gasteiger partial charge in [-0.1, -0.05) is 0 Å². The van der Waals surface area contributed by atoms with Crippen molar-refractivity contribution >= 4 is 16.9 Å². The van der Waals surface area contributed by atoms with E-state index in [0.29, 0.717) is 23.6 Å². The van der Waals surface area contributed by atoms with Gasteiger partial charge >= 0.3 is 0 Å². The van der Waals surface area contributed by atoms with E-state index in [0.717, 1.165) is 44.2 Å². The summed E-state index contributed by atoms with van der Waals surface area (Å²) in [4.78, 5) is 17.2. The predicted octanol–water partition coefficient (Wildman–Crippen LogP) is 0.742. The summed E-state index contributed by atoms with van der Waals surface area (Å²) in [6.45, 7) is 1.85. The first-order chi connectivity index (χ1) is 12.6. The maximum Gasteiger partial charge on any atom is 0.272 e. The Balaban J connectivity index is 1.52. The highest BCUT2D eigenvalue weighted by Crippen LogP contribution is 2.26. The molecule has 0 radical (unpaired) electrons. The minimum Gasteiger partial charge on any atom is -0.474 e. The molecule has 0 aromatic carbocycles. The van der Waals surface area contributed by atoms with Gasteiger partial charge in [-0.2, -0.15) is 10.1 Å². The highest BCUT2D eigenvalue weighted by molar-refractivity contribution is 6.04. The van der Waals surface area contributed by atoms with Crippen LogP contribution in [0.4, 0.5) is 0 Å². The van der Waals surface area contributed by atoms with E-state index in [2.05, 4.69) is 20.7 Å². The van der Waals surface area contributed by atoms with Crippen LogP contribution in [0.2, 0.25) is 0 Å². The number of hydrogen-bond donors (Lipinski definition) is 3. The number of rotatable bonds is 4. The second kappa shape index (κ2) is 7.20. The predicted molar refractivity (Wildman–Crippen MR) is 96.1 cm³/mol. The summed E-state index contributed by atoms with van der Waals surface area (Å²) in [5.74, 6) is 0.349. The summed E-state index contributed by atoms with van der Waals surface area (Å²) in [6.07, 6.45) is 3.79. The Hall–Kier alpha value is -2.19. The van der Waals surface area contributed by atoms with Crippen molar-refractivity contribution in [3.05, 3.63) is 17.8 Å². The van der Waals surface area contributed by atoms with Gasteiger partial charge in [0.05, 0.1) is 11.5 Å². The van der Waals surface area contributed by atoms with E-state index < -0.39 is 0 Å². The molecule has 0 spiro atoms. The van der Waals surface area contributed by atoms with Gasteiger partial charge in [0.2, 0.25) is 5.88 Å². The smallest absolute Gasteiger partial charge is 0.272 e. The van der Waals surface area contributed by atoms with Crippen molar-refractivity contribution in [2.45, 2.75) is 50.4 Å². The molecule has 26 heavy (non-hydrogen) atoms. The zero-order valence-electron chi connectivity index (χ0n) is 14.9. The minimum absolute atomic E-state index is 0.00847. The fourth-order valence-corrected chi connectivity index (χ4v) is 3.76. The molecule has 1 aliphatic carbocycles. The molecule has 140 valence electrons. The number of aryl methyl sites for hydroxylation is 1. The van der Waals surface area contributed by atoms with Crippen molar-refractivity contribution in [2.75, 3.05) is 13.1 Å². The Morgan fingerprint density at radius 2 is 2.12 bits per heavy atom. The number of aliphatic hydroxyl groups excluding tert-OH is 1. The highest BCUT2D eigenvalue weighted by Gasteiger charge is 2.26. The molecule has 1 saturated heterocycles. The Bertz CT molecular complexity index is 799. The largest absolute Gasteiger partial charge is 0.474 e. The summed E-state index contributed by atoms with van der Waals surface area (Å²) in [5, 5.41) is 21.1. The molecule has 8 nitrogen and oxygen atoms in total. The summed E-state index contributed by atoms with van der Waals surface area (Å²) in [7, 11) is 1.78. The quantitative estimate of drug-likeness (QED) is 0.744. The Morgan fingerprint density at radius 1 is 1.31 bits per heavy atom. The molecule has 3 N–H and O–H groups in total. The van der Waals surface area contributed by atoms with Gasteiger partial charge in [0.15, 0.2) is 11.3 Å². The van der Waals surface area contributed by atoms with Crippen molar-refractivity contribution in [1.82, 2.24) is 25.4 Å². The molecule has 2 fully saturated rings. The standard InChI is InChI=1S/C18H25N5O3/c1-23-17-14(4-5-15(21-17)26-13-3-2-12(24)10-13)16(22-23)18(25)20-11-6-8-19-9-7-11/h4-5,11-13,19,24H,2-3,6-10H2,1H3,(H,20,25).